The Labute approximate surface area is 90.0 Å². The van der Waals surface area contributed by atoms with Crippen LogP contribution < -0.4 is 4.74 Å². The molecule has 0 aliphatic heterocycles. The van der Waals surface area contributed by atoms with Crippen molar-refractivity contribution in [3.8, 4) is 5.88 Å². The van der Waals surface area contributed by atoms with Gasteiger partial charge in [-0.3, -0.25) is 14.9 Å². The summed E-state index contributed by atoms with van der Waals surface area (Å²) >= 11 is 0. The molecule has 0 saturated carbocycles. The third-order valence-corrected chi connectivity index (χ3v) is 2.32. The Morgan fingerprint density at radius 2 is 2.25 bits per heavy atom. The molecular weight excluding hydrogens is 212 g/mol. The van der Waals surface area contributed by atoms with E-state index in [1.165, 1.54) is 13.2 Å². The third-order valence-electron chi connectivity index (χ3n) is 2.32. The number of nitro groups is 1. The average Bonchev–Trinajstić information content (AvgIpc) is 2.65. The summed E-state index contributed by atoms with van der Waals surface area (Å²) in [5.41, 5.74) is 0.567. The van der Waals surface area contributed by atoms with Crippen LogP contribution in [0.25, 0.3) is 10.9 Å². The second-order valence-corrected chi connectivity index (χ2v) is 3.15. The highest BCUT2D eigenvalue weighted by Gasteiger charge is 2.20. The molecule has 82 valence electrons. The molecule has 0 atom stereocenters. The number of nitro benzene ring substituents is 1. The lowest BCUT2D eigenvalue weighted by Gasteiger charge is -1.95. The summed E-state index contributed by atoms with van der Waals surface area (Å²) < 4.78 is 4.95. The lowest BCUT2D eigenvalue weighted by Crippen LogP contribution is -1.91. The first kappa shape index (κ1) is 10.2. The Kier molecular flexibility index (Phi) is 2.32. The number of benzene rings is 1. The Balaban J connectivity index is 2.89. The van der Waals surface area contributed by atoms with Crippen LogP contribution in [-0.2, 0) is 0 Å². The molecule has 2 rings (SSSR count). The maximum absolute atomic E-state index is 10.9. The zero-order chi connectivity index (χ0) is 11.7. The molecule has 0 radical (unpaired) electrons. The van der Waals surface area contributed by atoms with Crippen LogP contribution in [0.3, 0.4) is 0 Å². The first-order valence-corrected chi connectivity index (χ1v) is 4.47. The van der Waals surface area contributed by atoms with Gasteiger partial charge in [-0.25, -0.2) is 0 Å². The van der Waals surface area contributed by atoms with Gasteiger partial charge in [-0.1, -0.05) is 6.07 Å². The van der Waals surface area contributed by atoms with Gasteiger partial charge in [0.25, 0.3) is 5.69 Å². The lowest BCUT2D eigenvalue weighted by molar-refractivity contribution is -0.383. The Bertz CT molecular complexity index is 573. The van der Waals surface area contributed by atoms with Gasteiger partial charge in [0, 0.05) is 6.07 Å². The minimum Gasteiger partial charge on any atom is -0.482 e. The van der Waals surface area contributed by atoms with Gasteiger partial charge < -0.3 is 9.72 Å². The quantitative estimate of drug-likeness (QED) is 0.486. The largest absolute Gasteiger partial charge is 0.482 e. The van der Waals surface area contributed by atoms with Crippen LogP contribution >= 0.6 is 0 Å². The van der Waals surface area contributed by atoms with Gasteiger partial charge in [-0.15, -0.1) is 0 Å². The van der Waals surface area contributed by atoms with E-state index < -0.39 is 4.92 Å². The van der Waals surface area contributed by atoms with Gasteiger partial charge in [0.1, 0.15) is 0 Å². The van der Waals surface area contributed by atoms with Crippen LogP contribution in [0.15, 0.2) is 18.2 Å². The molecule has 0 bridgehead atoms. The predicted octanol–water partition coefficient (Wildman–Crippen LogP) is 1.90. The molecular formula is C10H8N2O4. The molecule has 0 saturated heterocycles. The van der Waals surface area contributed by atoms with E-state index in [-0.39, 0.29) is 22.5 Å². The van der Waals surface area contributed by atoms with Crippen LogP contribution in [0.5, 0.6) is 5.88 Å². The molecule has 1 aromatic heterocycles. The molecule has 6 heteroatoms. The normalized spacial score (nSPS) is 10.3. The molecule has 0 fully saturated rings. The van der Waals surface area contributed by atoms with Gasteiger partial charge in [0.2, 0.25) is 5.88 Å². The Morgan fingerprint density at radius 1 is 1.50 bits per heavy atom. The van der Waals surface area contributed by atoms with E-state index in [4.69, 9.17) is 4.74 Å². The molecule has 0 aliphatic carbocycles. The van der Waals surface area contributed by atoms with Crippen molar-refractivity contribution in [3.63, 3.8) is 0 Å². The number of fused-ring (bicyclic) bond motifs is 1. The summed E-state index contributed by atoms with van der Waals surface area (Å²) in [5.74, 6) is 0.235. The zero-order valence-corrected chi connectivity index (χ0v) is 8.39. The Morgan fingerprint density at radius 3 is 2.81 bits per heavy atom. The fraction of sp³-hybridized carbons (Fsp3) is 0.100. The lowest BCUT2D eigenvalue weighted by atomic mass is 10.1. The summed E-state index contributed by atoms with van der Waals surface area (Å²) in [6.07, 6.45) is 0.546. The molecule has 0 unspecified atom stereocenters. The van der Waals surface area contributed by atoms with Crippen LogP contribution in [0.2, 0.25) is 0 Å². The fourth-order valence-corrected chi connectivity index (χ4v) is 1.66. The molecule has 16 heavy (non-hydrogen) atoms. The first-order chi connectivity index (χ1) is 7.69. The number of nitrogens with zero attached hydrogens (tertiary/aromatic N) is 1. The number of aldehydes is 1. The van der Waals surface area contributed by atoms with Gasteiger partial charge in [0.05, 0.1) is 28.5 Å². The number of H-pyrrole nitrogens is 1. The Hall–Kier alpha value is -2.37. The second kappa shape index (κ2) is 3.65. The molecule has 6 nitrogen and oxygen atoms in total. The molecule has 2 aromatic rings. The SMILES string of the molecule is COc1[nH]c2cccc([N+](=O)[O-])c2c1C=O. The van der Waals surface area contributed by atoms with Crippen LogP contribution in [0.4, 0.5) is 5.69 Å². The number of aromatic nitrogens is 1. The van der Waals surface area contributed by atoms with E-state index in [0.717, 1.165) is 0 Å². The number of ether oxygens (including phenoxy) is 1. The molecule has 1 aromatic carbocycles. The highest BCUT2D eigenvalue weighted by Crippen LogP contribution is 2.33. The number of rotatable bonds is 3. The maximum Gasteiger partial charge on any atom is 0.279 e. The molecule has 1 N–H and O–H groups in total. The van der Waals surface area contributed by atoms with Gasteiger partial charge in [-0.05, 0) is 6.07 Å². The summed E-state index contributed by atoms with van der Waals surface area (Å²) in [5, 5.41) is 11.1. The molecule has 0 spiro atoms. The van der Waals surface area contributed by atoms with Crippen molar-refractivity contribution < 1.29 is 14.5 Å². The van der Waals surface area contributed by atoms with Gasteiger partial charge >= 0.3 is 0 Å². The van der Waals surface area contributed by atoms with Gasteiger partial charge in [0.15, 0.2) is 6.29 Å². The van der Waals surface area contributed by atoms with E-state index in [9.17, 15) is 14.9 Å². The standard InChI is InChI=1S/C10H8N2O4/c1-16-10-6(5-13)9-7(11-10)3-2-4-8(9)12(14)15/h2-5,11H,1H3. The van der Waals surface area contributed by atoms with Crippen molar-refractivity contribution in [2.24, 2.45) is 0 Å². The first-order valence-electron chi connectivity index (χ1n) is 4.47. The number of non-ortho nitro benzene ring substituents is 1. The van der Waals surface area contributed by atoms with E-state index in [1.807, 2.05) is 0 Å². The van der Waals surface area contributed by atoms with Crippen molar-refractivity contribution in [1.29, 1.82) is 0 Å². The number of hydrogen-bond donors (Lipinski definition) is 1. The van der Waals surface area contributed by atoms with E-state index >= 15 is 0 Å². The number of carbonyl (C=O) groups excluding carboxylic acids is 1. The minimum atomic E-state index is -0.525. The highest BCUT2D eigenvalue weighted by atomic mass is 16.6. The summed E-state index contributed by atoms with van der Waals surface area (Å²) in [6, 6.07) is 4.55. The number of nitrogens with one attached hydrogen (secondary N) is 1. The topological polar surface area (TPSA) is 85.2 Å². The van der Waals surface area contributed by atoms with E-state index in [2.05, 4.69) is 4.98 Å². The molecule has 0 amide bonds. The fourth-order valence-electron chi connectivity index (χ4n) is 1.66. The number of aromatic amines is 1. The minimum absolute atomic E-state index is 0.112. The van der Waals surface area contributed by atoms with Crippen molar-refractivity contribution in [3.05, 3.63) is 33.9 Å². The predicted molar refractivity (Wildman–Crippen MR) is 56.9 cm³/mol. The smallest absolute Gasteiger partial charge is 0.279 e. The summed E-state index contributed by atoms with van der Waals surface area (Å²) in [6.45, 7) is 0. The van der Waals surface area contributed by atoms with Crippen LogP contribution in [0.1, 0.15) is 10.4 Å². The third kappa shape index (κ3) is 1.31. The van der Waals surface area contributed by atoms with Gasteiger partial charge in [-0.2, -0.15) is 0 Å². The number of hydrogen-bond acceptors (Lipinski definition) is 4. The molecule has 1 heterocycles. The maximum atomic E-state index is 10.9. The van der Waals surface area contributed by atoms with E-state index in [1.54, 1.807) is 12.1 Å². The van der Waals surface area contributed by atoms with Crippen LogP contribution in [0, 0.1) is 10.1 Å². The second-order valence-electron chi connectivity index (χ2n) is 3.15. The van der Waals surface area contributed by atoms with Crippen molar-refractivity contribution in [1.82, 2.24) is 4.98 Å². The van der Waals surface area contributed by atoms with Crippen LogP contribution in [-0.4, -0.2) is 23.3 Å². The summed E-state index contributed by atoms with van der Waals surface area (Å²) in [4.78, 5) is 24.0. The van der Waals surface area contributed by atoms with E-state index in [0.29, 0.717) is 11.8 Å². The van der Waals surface area contributed by atoms with Crippen molar-refractivity contribution >= 4 is 22.9 Å². The average molecular weight is 220 g/mol. The van der Waals surface area contributed by atoms with Crippen molar-refractivity contribution in [2.75, 3.05) is 7.11 Å². The zero-order valence-electron chi connectivity index (χ0n) is 8.39. The highest BCUT2D eigenvalue weighted by molar-refractivity contribution is 6.05. The number of carbonyl (C=O) groups is 1. The van der Waals surface area contributed by atoms with Crippen molar-refractivity contribution in [2.45, 2.75) is 0 Å². The number of methoxy groups -OCH3 is 1. The molecule has 0 aliphatic rings. The summed E-state index contributed by atoms with van der Waals surface area (Å²) in [7, 11) is 1.39. The monoisotopic (exact) mass is 220 g/mol.